The normalized spacial score (nSPS) is 7.30. The van der Waals surface area contributed by atoms with Crippen LogP contribution in [0.2, 0.25) is 0 Å². The van der Waals surface area contributed by atoms with Crippen LogP contribution in [0.1, 0.15) is 5.56 Å². The fraction of sp³-hybridized carbons (Fsp3) is 0.111. The first kappa shape index (κ1) is 12.5. The Bertz CT molecular complexity index is 146. The molecule has 0 spiro atoms. The van der Waals surface area contributed by atoms with E-state index in [0.29, 0.717) is 0 Å². The van der Waals surface area contributed by atoms with Gasteiger partial charge < -0.3 is 14.4 Å². The van der Waals surface area contributed by atoms with Crippen molar-refractivity contribution in [1.82, 2.24) is 0 Å². The van der Waals surface area contributed by atoms with Crippen LogP contribution in [0.5, 0.6) is 0 Å². The van der Waals surface area contributed by atoms with Crippen LogP contribution < -0.4 is 0 Å². The van der Waals surface area contributed by atoms with Crippen molar-refractivity contribution in [3.63, 3.8) is 0 Å². The fourth-order valence-corrected chi connectivity index (χ4v) is 0.645. The number of hydrogen-bond acceptors (Lipinski definition) is 0. The average molecular weight is 171 g/mol. The van der Waals surface area contributed by atoms with Gasteiger partial charge in [-0.15, -0.1) is 0 Å². The Hall–Kier alpha value is -0.196. The van der Waals surface area contributed by atoms with Crippen LogP contribution in [0.15, 0.2) is 30.3 Å². The zero-order valence-corrected chi connectivity index (χ0v) is 7.64. The van der Waals surface area contributed by atoms with Gasteiger partial charge in [0.25, 0.3) is 0 Å². The van der Waals surface area contributed by atoms with E-state index in [4.69, 9.17) is 0 Å². The quantitative estimate of drug-likeness (QED) is 0.569. The topological polar surface area (TPSA) is 0 Å². The van der Waals surface area contributed by atoms with Gasteiger partial charge in [0.05, 0.1) is 0 Å². The Labute approximate surface area is 75.5 Å². The van der Waals surface area contributed by atoms with Crippen molar-refractivity contribution in [2.24, 2.45) is 0 Å². The summed E-state index contributed by atoms with van der Waals surface area (Å²) in [6.45, 7) is 3.76. The van der Waals surface area contributed by atoms with Crippen LogP contribution in [0.4, 0.5) is 0 Å². The molecule has 0 atom stereocenters. The second-order valence-electron chi connectivity index (χ2n) is 1.74. The molecule has 0 aliphatic heterocycles. The minimum Gasteiger partial charge on any atom is -0.358 e. The number of benzene rings is 1. The van der Waals surface area contributed by atoms with E-state index in [1.807, 2.05) is 18.2 Å². The van der Waals surface area contributed by atoms with Crippen LogP contribution in [0, 0.1) is 14.4 Å². The predicted molar refractivity (Wildman–Crippen MR) is 41.9 cm³/mol. The van der Waals surface area contributed by atoms with Crippen molar-refractivity contribution in [3.8, 4) is 0 Å². The molecule has 1 rings (SSSR count). The molecule has 10 heavy (non-hydrogen) atoms. The molecular formula is C9H12V. The minimum absolute atomic E-state index is 0. The smallest absolute Gasteiger partial charge is 0.358 e. The van der Waals surface area contributed by atoms with Crippen LogP contribution >= 0.6 is 0 Å². The van der Waals surface area contributed by atoms with Crippen molar-refractivity contribution in [2.45, 2.75) is 6.42 Å². The number of rotatable bonds is 1. The first-order chi connectivity index (χ1) is 3.93. The third-order valence-corrected chi connectivity index (χ3v) is 1.13. The summed E-state index contributed by atoms with van der Waals surface area (Å²) in [6, 6.07) is 10.2. The van der Waals surface area contributed by atoms with Crippen molar-refractivity contribution >= 4 is 0 Å². The van der Waals surface area contributed by atoms with Crippen molar-refractivity contribution in [1.29, 1.82) is 0 Å². The Balaban J connectivity index is 0. The number of hydrogen-bond donors (Lipinski definition) is 0. The van der Waals surface area contributed by atoms with Crippen LogP contribution in [-0.4, -0.2) is 0 Å². The summed E-state index contributed by atoms with van der Waals surface area (Å²) >= 11 is 0. The molecule has 0 aliphatic carbocycles. The maximum Gasteiger partial charge on any atom is 2.00 e. The molecule has 0 aliphatic rings. The van der Waals surface area contributed by atoms with Crippen molar-refractivity contribution < 1.29 is 18.6 Å². The molecule has 0 saturated carbocycles. The minimum atomic E-state index is 0. The SMILES string of the molecule is [CH2-]Cc1ccccc1.[CH3-].[V+2]. The van der Waals surface area contributed by atoms with Gasteiger partial charge in [0.2, 0.25) is 0 Å². The van der Waals surface area contributed by atoms with Gasteiger partial charge in [0, 0.05) is 0 Å². The largest absolute Gasteiger partial charge is 2.00 e. The van der Waals surface area contributed by atoms with Crippen LogP contribution in [0.25, 0.3) is 0 Å². The van der Waals surface area contributed by atoms with Crippen LogP contribution in [0.3, 0.4) is 0 Å². The van der Waals surface area contributed by atoms with E-state index < -0.39 is 0 Å². The molecule has 0 bridgehead atoms. The summed E-state index contributed by atoms with van der Waals surface area (Å²) in [5.74, 6) is 0. The zero-order valence-electron chi connectivity index (χ0n) is 6.25. The van der Waals surface area contributed by atoms with E-state index in [9.17, 15) is 0 Å². The molecule has 0 aromatic heterocycles. The Morgan fingerprint density at radius 1 is 1.10 bits per heavy atom. The summed E-state index contributed by atoms with van der Waals surface area (Å²) < 4.78 is 0. The monoisotopic (exact) mass is 171 g/mol. The summed E-state index contributed by atoms with van der Waals surface area (Å²) in [6.07, 6.45) is 0.890. The predicted octanol–water partition coefficient (Wildman–Crippen LogP) is 2.51. The van der Waals surface area contributed by atoms with Gasteiger partial charge in [-0.05, 0) is 0 Å². The summed E-state index contributed by atoms with van der Waals surface area (Å²) in [5.41, 5.74) is 1.30. The van der Waals surface area contributed by atoms with Gasteiger partial charge in [-0.2, -0.15) is 6.42 Å². The Kier molecular flexibility index (Phi) is 8.63. The Morgan fingerprint density at radius 2 is 1.60 bits per heavy atom. The third-order valence-electron chi connectivity index (χ3n) is 1.13. The molecule has 0 unspecified atom stereocenters. The standard InChI is InChI=1S/C8H9.CH3.V/c1-2-8-6-4-3-5-7-8;;/h3-7H,1-2H2;1H3;/q2*-1;+2. The molecule has 0 amide bonds. The summed E-state index contributed by atoms with van der Waals surface area (Å²) in [5, 5.41) is 0. The van der Waals surface area contributed by atoms with Crippen molar-refractivity contribution in [3.05, 3.63) is 50.2 Å². The van der Waals surface area contributed by atoms with Gasteiger partial charge in [0.15, 0.2) is 0 Å². The summed E-state index contributed by atoms with van der Waals surface area (Å²) in [4.78, 5) is 0. The van der Waals surface area contributed by atoms with Gasteiger partial charge in [-0.1, -0.05) is 35.9 Å². The molecule has 1 aromatic carbocycles. The molecule has 1 heteroatoms. The van der Waals surface area contributed by atoms with Crippen LogP contribution in [-0.2, 0) is 25.0 Å². The second kappa shape index (κ2) is 6.92. The Morgan fingerprint density at radius 3 is 1.90 bits per heavy atom. The first-order valence-corrected chi connectivity index (χ1v) is 2.76. The van der Waals surface area contributed by atoms with E-state index in [1.54, 1.807) is 0 Å². The van der Waals surface area contributed by atoms with E-state index in [0.717, 1.165) is 6.42 Å². The van der Waals surface area contributed by atoms with Gasteiger partial charge in [0.1, 0.15) is 0 Å². The van der Waals surface area contributed by atoms with Gasteiger partial charge in [-0.25, -0.2) is 0 Å². The fourth-order valence-electron chi connectivity index (χ4n) is 0.645. The maximum atomic E-state index is 3.76. The maximum absolute atomic E-state index is 3.76. The first-order valence-electron chi connectivity index (χ1n) is 2.76. The van der Waals surface area contributed by atoms with E-state index in [1.165, 1.54) is 5.56 Å². The van der Waals surface area contributed by atoms with Gasteiger partial charge in [-0.3, -0.25) is 0 Å². The molecule has 0 saturated heterocycles. The van der Waals surface area contributed by atoms with E-state index in [2.05, 4.69) is 19.1 Å². The second-order valence-corrected chi connectivity index (χ2v) is 1.74. The van der Waals surface area contributed by atoms with Crippen molar-refractivity contribution in [2.75, 3.05) is 0 Å². The van der Waals surface area contributed by atoms with E-state index in [-0.39, 0.29) is 26.0 Å². The zero-order chi connectivity index (χ0) is 5.82. The molecular weight excluding hydrogens is 159 g/mol. The molecule has 0 heterocycles. The molecule has 0 fully saturated rings. The average Bonchev–Trinajstić information content (AvgIpc) is 1.90. The molecule has 1 aromatic rings. The summed E-state index contributed by atoms with van der Waals surface area (Å²) in [7, 11) is 0. The molecule has 0 nitrogen and oxygen atoms in total. The molecule has 1 radical (unpaired) electrons. The third kappa shape index (κ3) is 3.76. The molecule has 53 valence electrons. The molecule has 0 N–H and O–H groups in total. The van der Waals surface area contributed by atoms with Gasteiger partial charge >= 0.3 is 18.6 Å². The van der Waals surface area contributed by atoms with E-state index >= 15 is 0 Å².